The molecule has 2 heterocycles. The smallest absolute Gasteiger partial charge is 0.399 e. The number of nitrogens with two attached hydrogens (primary N) is 1. The van der Waals surface area contributed by atoms with E-state index >= 15 is 0 Å². The Morgan fingerprint density at radius 2 is 1.88 bits per heavy atom. The van der Waals surface area contributed by atoms with Crippen molar-refractivity contribution in [3.05, 3.63) is 59.1 Å². The van der Waals surface area contributed by atoms with Gasteiger partial charge < -0.3 is 11.1 Å². The zero-order valence-electron chi connectivity index (χ0n) is 12.6. The molecule has 10 heteroatoms. The lowest BCUT2D eigenvalue weighted by atomic mass is 10.2. The van der Waals surface area contributed by atoms with E-state index in [1.54, 1.807) is 23.0 Å². The summed E-state index contributed by atoms with van der Waals surface area (Å²) < 4.78 is 40.1. The molecule has 0 atom stereocenters. The van der Waals surface area contributed by atoms with E-state index in [1.165, 1.54) is 6.20 Å². The topological polar surface area (TPSA) is 81.6 Å². The zero-order chi connectivity index (χ0) is 18.0. The fourth-order valence-electron chi connectivity index (χ4n) is 2.08. The summed E-state index contributed by atoms with van der Waals surface area (Å²) in [6, 6.07) is 7.28. The summed E-state index contributed by atoms with van der Waals surface area (Å²) in [4.78, 5) is 7.16. The van der Waals surface area contributed by atoms with Crippen molar-refractivity contribution in [1.29, 1.82) is 0 Å². The van der Waals surface area contributed by atoms with Crippen molar-refractivity contribution in [2.24, 2.45) is 0 Å². The minimum Gasteiger partial charge on any atom is -0.399 e. The lowest BCUT2D eigenvalue weighted by Gasteiger charge is -2.09. The summed E-state index contributed by atoms with van der Waals surface area (Å²) in [5.74, 6) is -0.219. The van der Waals surface area contributed by atoms with Gasteiger partial charge in [0.2, 0.25) is 5.95 Å². The third kappa shape index (κ3) is 4.18. The van der Waals surface area contributed by atoms with E-state index in [0.29, 0.717) is 17.9 Å². The fourth-order valence-corrected chi connectivity index (χ4v) is 2.28. The molecule has 0 unspecified atom stereocenters. The van der Waals surface area contributed by atoms with Gasteiger partial charge in [0.15, 0.2) is 5.69 Å². The third-order valence-corrected chi connectivity index (χ3v) is 3.50. The van der Waals surface area contributed by atoms with Crippen LogP contribution in [0.4, 0.5) is 30.5 Å². The van der Waals surface area contributed by atoms with Crippen LogP contribution in [0.5, 0.6) is 0 Å². The molecule has 0 aliphatic carbocycles. The molecule has 3 rings (SSSR count). The molecule has 1 aromatic carbocycles. The van der Waals surface area contributed by atoms with Gasteiger partial charge in [-0.15, -0.1) is 0 Å². The van der Waals surface area contributed by atoms with Crippen LogP contribution in [-0.4, -0.2) is 19.7 Å². The molecule has 25 heavy (non-hydrogen) atoms. The lowest BCUT2D eigenvalue weighted by molar-refractivity contribution is -0.141. The summed E-state index contributed by atoms with van der Waals surface area (Å²) in [6.45, 7) is 0.483. The predicted octanol–water partition coefficient (Wildman–Crippen LogP) is 3.72. The van der Waals surface area contributed by atoms with E-state index in [4.69, 9.17) is 17.3 Å². The summed E-state index contributed by atoms with van der Waals surface area (Å²) in [6.07, 6.45) is -0.668. The Kier molecular flexibility index (Phi) is 4.49. The van der Waals surface area contributed by atoms with E-state index in [9.17, 15) is 13.2 Å². The van der Waals surface area contributed by atoms with Crippen molar-refractivity contribution >= 4 is 28.9 Å². The Morgan fingerprint density at radius 1 is 1.16 bits per heavy atom. The number of benzene rings is 1. The van der Waals surface area contributed by atoms with Gasteiger partial charge in [-0.2, -0.15) is 18.3 Å². The molecule has 0 radical (unpaired) electrons. The van der Waals surface area contributed by atoms with Crippen LogP contribution in [0.2, 0.25) is 5.02 Å². The Bertz CT molecular complexity index is 876. The maximum atomic E-state index is 12.8. The number of nitrogens with zero attached hydrogens (tertiary/aromatic N) is 4. The van der Waals surface area contributed by atoms with Crippen LogP contribution in [0.15, 0.2) is 42.9 Å². The highest BCUT2D eigenvalue weighted by Crippen LogP contribution is 2.33. The number of nitrogen functional groups attached to an aromatic ring is 1. The van der Waals surface area contributed by atoms with Crippen molar-refractivity contribution in [1.82, 2.24) is 19.7 Å². The Labute approximate surface area is 145 Å². The Balaban J connectivity index is 1.74. The molecule has 6 nitrogen and oxygen atoms in total. The van der Waals surface area contributed by atoms with Crippen LogP contribution in [0.3, 0.4) is 0 Å². The maximum absolute atomic E-state index is 12.8. The molecule has 130 valence electrons. The number of nitrogens with one attached hydrogen (secondary N) is 1. The zero-order valence-corrected chi connectivity index (χ0v) is 13.4. The minimum absolute atomic E-state index is 0.219. The lowest BCUT2D eigenvalue weighted by Crippen LogP contribution is -2.11. The first kappa shape index (κ1) is 17.0. The summed E-state index contributed by atoms with van der Waals surface area (Å²) in [5.41, 5.74) is 6.52. The van der Waals surface area contributed by atoms with Crippen molar-refractivity contribution in [2.45, 2.75) is 12.7 Å². The monoisotopic (exact) mass is 368 g/mol. The average molecular weight is 369 g/mol. The van der Waals surface area contributed by atoms with Crippen molar-refractivity contribution in [3.8, 4) is 0 Å². The first-order chi connectivity index (χ1) is 11.8. The number of hydrogen-bond acceptors (Lipinski definition) is 5. The molecule has 3 N–H and O–H groups in total. The number of rotatable bonds is 4. The molecular weight excluding hydrogens is 357 g/mol. The van der Waals surface area contributed by atoms with Crippen LogP contribution in [0.25, 0.3) is 0 Å². The molecule has 0 spiro atoms. The molecular formula is C15H12ClF3N6. The molecule has 0 saturated carbocycles. The second-order valence-electron chi connectivity index (χ2n) is 5.18. The van der Waals surface area contributed by atoms with Crippen LogP contribution < -0.4 is 11.1 Å². The van der Waals surface area contributed by atoms with Gasteiger partial charge in [0, 0.05) is 11.9 Å². The Hall–Kier alpha value is -2.81. The summed E-state index contributed by atoms with van der Waals surface area (Å²) in [7, 11) is 0. The highest BCUT2D eigenvalue weighted by atomic mass is 35.5. The molecule has 0 aliphatic heterocycles. The largest absolute Gasteiger partial charge is 0.435 e. The first-order valence-electron chi connectivity index (χ1n) is 7.05. The van der Waals surface area contributed by atoms with Crippen LogP contribution in [0, 0.1) is 0 Å². The number of hydrogen-bond donors (Lipinski definition) is 2. The molecule has 3 aromatic rings. The molecule has 0 saturated heterocycles. The number of alkyl halides is 3. The molecule has 0 aliphatic rings. The SMILES string of the molecule is Nc1ccc(Cn2cc(Nc3ncc(Cl)c(C(F)(F)F)n3)cn2)cc1. The minimum atomic E-state index is -4.66. The fraction of sp³-hybridized carbons (Fsp3) is 0.133. The average Bonchev–Trinajstić information content (AvgIpc) is 2.97. The molecule has 0 fully saturated rings. The van der Waals surface area contributed by atoms with Gasteiger partial charge in [0.1, 0.15) is 0 Å². The van der Waals surface area contributed by atoms with E-state index in [2.05, 4.69) is 20.4 Å². The standard InChI is InChI=1S/C15H12ClF3N6/c16-12-6-21-14(24-13(12)15(17,18)19)23-11-5-22-25(8-11)7-9-1-3-10(20)4-2-9/h1-6,8H,7,20H2,(H,21,23,24). The second kappa shape index (κ2) is 6.60. The van der Waals surface area contributed by atoms with Gasteiger partial charge >= 0.3 is 6.18 Å². The predicted molar refractivity (Wildman–Crippen MR) is 87.5 cm³/mol. The van der Waals surface area contributed by atoms with E-state index in [-0.39, 0.29) is 5.95 Å². The van der Waals surface area contributed by atoms with Gasteiger partial charge in [-0.1, -0.05) is 23.7 Å². The normalized spacial score (nSPS) is 11.5. The van der Waals surface area contributed by atoms with E-state index < -0.39 is 16.9 Å². The van der Waals surface area contributed by atoms with Gasteiger partial charge in [0.05, 0.1) is 29.6 Å². The van der Waals surface area contributed by atoms with Gasteiger partial charge in [0.25, 0.3) is 0 Å². The van der Waals surface area contributed by atoms with Gasteiger partial charge in [-0.25, -0.2) is 9.97 Å². The quantitative estimate of drug-likeness (QED) is 0.686. The maximum Gasteiger partial charge on any atom is 0.435 e. The van der Waals surface area contributed by atoms with Crippen LogP contribution >= 0.6 is 11.6 Å². The molecule has 0 amide bonds. The summed E-state index contributed by atoms with van der Waals surface area (Å²) in [5, 5.41) is 6.25. The highest BCUT2D eigenvalue weighted by Gasteiger charge is 2.35. The van der Waals surface area contributed by atoms with Crippen molar-refractivity contribution in [3.63, 3.8) is 0 Å². The third-order valence-electron chi connectivity index (χ3n) is 3.23. The number of anilines is 3. The highest BCUT2D eigenvalue weighted by molar-refractivity contribution is 6.31. The van der Waals surface area contributed by atoms with Gasteiger partial charge in [-0.3, -0.25) is 4.68 Å². The van der Waals surface area contributed by atoms with Crippen LogP contribution in [-0.2, 0) is 12.7 Å². The first-order valence-corrected chi connectivity index (χ1v) is 7.43. The Morgan fingerprint density at radius 3 is 2.56 bits per heavy atom. The molecule has 2 aromatic heterocycles. The number of aromatic nitrogens is 4. The van der Waals surface area contributed by atoms with Crippen molar-refractivity contribution < 1.29 is 13.2 Å². The van der Waals surface area contributed by atoms with Crippen LogP contribution in [0.1, 0.15) is 11.3 Å². The molecule has 0 bridgehead atoms. The number of halogens is 4. The van der Waals surface area contributed by atoms with Crippen molar-refractivity contribution in [2.75, 3.05) is 11.1 Å². The van der Waals surface area contributed by atoms with E-state index in [0.717, 1.165) is 11.8 Å². The van der Waals surface area contributed by atoms with Gasteiger partial charge in [-0.05, 0) is 17.7 Å². The summed E-state index contributed by atoms with van der Waals surface area (Å²) >= 11 is 5.49. The van der Waals surface area contributed by atoms with E-state index in [1.807, 2.05) is 12.1 Å². The second-order valence-corrected chi connectivity index (χ2v) is 5.59.